The molecule has 0 unspecified atom stereocenters. The summed E-state index contributed by atoms with van der Waals surface area (Å²) in [6.07, 6.45) is 1.10. The first-order valence-electron chi connectivity index (χ1n) is 9.99. The van der Waals surface area contributed by atoms with E-state index < -0.39 is 5.92 Å². The van der Waals surface area contributed by atoms with Crippen molar-refractivity contribution in [2.45, 2.75) is 46.5 Å². The van der Waals surface area contributed by atoms with Crippen LogP contribution in [0, 0.1) is 20.8 Å². The van der Waals surface area contributed by atoms with Gasteiger partial charge in [-0.15, -0.1) is 0 Å². The topological polar surface area (TPSA) is 64.0 Å². The van der Waals surface area contributed by atoms with E-state index in [1.165, 1.54) is 5.56 Å². The highest BCUT2D eigenvalue weighted by Crippen LogP contribution is 2.38. The van der Waals surface area contributed by atoms with Gasteiger partial charge in [0, 0.05) is 17.5 Å². The van der Waals surface area contributed by atoms with Gasteiger partial charge in [-0.25, -0.2) is 4.68 Å². The first kappa shape index (κ1) is 19.1. The van der Waals surface area contributed by atoms with Crippen molar-refractivity contribution in [3.63, 3.8) is 0 Å². The van der Waals surface area contributed by atoms with E-state index in [0.29, 0.717) is 11.4 Å². The fourth-order valence-electron chi connectivity index (χ4n) is 4.02. The van der Waals surface area contributed by atoms with Crippen LogP contribution < -0.4 is 5.32 Å². The fourth-order valence-corrected chi connectivity index (χ4v) is 4.02. The Kier molecular flexibility index (Phi) is 4.82. The molecule has 1 aliphatic rings. The van der Waals surface area contributed by atoms with Gasteiger partial charge < -0.3 is 5.32 Å². The Labute approximate surface area is 170 Å². The number of amides is 1. The van der Waals surface area contributed by atoms with Crippen LogP contribution in [0.25, 0.3) is 5.69 Å². The highest BCUT2D eigenvalue weighted by atomic mass is 16.2. The highest BCUT2D eigenvalue weighted by molar-refractivity contribution is 6.08. The molecule has 3 aromatic rings. The quantitative estimate of drug-likeness (QED) is 0.662. The highest BCUT2D eigenvalue weighted by Gasteiger charge is 2.36. The number of carbonyl (C=O) groups is 2. The maximum Gasteiger partial charge on any atom is 0.226 e. The smallest absolute Gasteiger partial charge is 0.226 e. The van der Waals surface area contributed by atoms with Crippen molar-refractivity contribution in [3.8, 4) is 5.69 Å². The Hall–Kier alpha value is -3.21. The summed E-state index contributed by atoms with van der Waals surface area (Å²) < 4.78 is 1.74. The number of aromatic nitrogens is 2. The van der Waals surface area contributed by atoms with Gasteiger partial charge in [0.1, 0.15) is 5.82 Å². The second-order valence-corrected chi connectivity index (χ2v) is 7.77. The van der Waals surface area contributed by atoms with E-state index in [9.17, 15) is 9.59 Å². The predicted molar refractivity (Wildman–Crippen MR) is 114 cm³/mol. The third-order valence-electron chi connectivity index (χ3n) is 5.67. The molecule has 5 heteroatoms. The van der Waals surface area contributed by atoms with Crippen LogP contribution >= 0.6 is 0 Å². The van der Waals surface area contributed by atoms with Crippen molar-refractivity contribution in [3.05, 3.63) is 76.0 Å². The average molecular weight is 387 g/mol. The van der Waals surface area contributed by atoms with Crippen molar-refractivity contribution in [2.24, 2.45) is 0 Å². The third-order valence-corrected chi connectivity index (χ3v) is 5.67. The molecule has 2 heterocycles. The van der Waals surface area contributed by atoms with Crippen LogP contribution in [0.15, 0.2) is 42.5 Å². The van der Waals surface area contributed by atoms with Crippen molar-refractivity contribution in [2.75, 3.05) is 5.32 Å². The summed E-state index contributed by atoms with van der Waals surface area (Å²) in [6, 6.07) is 14.0. The molecule has 0 spiro atoms. The summed E-state index contributed by atoms with van der Waals surface area (Å²) in [4.78, 5) is 26.0. The molecule has 1 aromatic heterocycles. The lowest BCUT2D eigenvalue weighted by Gasteiger charge is -2.24. The van der Waals surface area contributed by atoms with Gasteiger partial charge in [-0.2, -0.15) is 5.10 Å². The summed E-state index contributed by atoms with van der Waals surface area (Å²) in [6.45, 7) is 7.91. The molecule has 4 rings (SSSR count). The number of hydrogen-bond acceptors (Lipinski definition) is 3. The monoisotopic (exact) mass is 387 g/mol. The zero-order valence-electron chi connectivity index (χ0n) is 17.2. The molecule has 29 heavy (non-hydrogen) atoms. The molecule has 0 saturated heterocycles. The molecule has 1 N–H and O–H groups in total. The van der Waals surface area contributed by atoms with Gasteiger partial charge in [-0.3, -0.25) is 9.59 Å². The molecule has 2 aromatic carbocycles. The summed E-state index contributed by atoms with van der Waals surface area (Å²) in [5.74, 6) is -0.103. The van der Waals surface area contributed by atoms with Gasteiger partial charge in [0.15, 0.2) is 5.78 Å². The van der Waals surface area contributed by atoms with Crippen LogP contribution in [0.3, 0.4) is 0 Å². The average Bonchev–Trinajstić information content (AvgIpc) is 3.05. The molecular weight excluding hydrogens is 362 g/mol. The lowest BCUT2D eigenvalue weighted by atomic mass is 9.84. The standard InChI is InChI=1S/C24H25N3O2/c1-5-17-8-10-18(11-9-17)27-24-22(16(4)26-27)20(13-21(28)25-24)23(29)19-12-14(2)6-7-15(19)3/h6-12,20H,5,13H2,1-4H3,(H,25,28)/t20-/m0/s1. The lowest BCUT2D eigenvalue weighted by molar-refractivity contribution is -0.116. The number of rotatable bonds is 4. The predicted octanol–water partition coefficient (Wildman–Crippen LogP) is 4.67. The Bertz CT molecular complexity index is 1110. The maximum absolute atomic E-state index is 13.4. The fraction of sp³-hybridized carbons (Fsp3) is 0.292. The number of benzene rings is 2. The molecular formula is C24H25N3O2. The first-order chi connectivity index (χ1) is 13.9. The molecule has 1 amide bonds. The molecule has 1 aliphatic heterocycles. The van der Waals surface area contributed by atoms with Crippen molar-refractivity contribution in [1.29, 1.82) is 0 Å². The maximum atomic E-state index is 13.4. The molecule has 0 fully saturated rings. The summed E-state index contributed by atoms with van der Waals surface area (Å²) in [5.41, 5.74) is 6.31. The van der Waals surface area contributed by atoms with Crippen LogP contribution in [0.5, 0.6) is 0 Å². The molecule has 0 radical (unpaired) electrons. The second-order valence-electron chi connectivity index (χ2n) is 7.77. The number of hydrogen-bond donors (Lipinski definition) is 1. The van der Waals surface area contributed by atoms with Crippen LogP contribution in [0.4, 0.5) is 5.82 Å². The van der Waals surface area contributed by atoms with E-state index in [2.05, 4.69) is 29.5 Å². The minimum absolute atomic E-state index is 0.0220. The van der Waals surface area contributed by atoms with Gasteiger partial charge in [0.25, 0.3) is 0 Å². The molecule has 0 saturated carbocycles. The molecule has 148 valence electrons. The zero-order chi connectivity index (χ0) is 20.7. The Morgan fingerprint density at radius 1 is 1.14 bits per heavy atom. The Balaban J connectivity index is 1.81. The van der Waals surface area contributed by atoms with E-state index in [0.717, 1.165) is 34.5 Å². The first-order valence-corrected chi connectivity index (χ1v) is 9.99. The summed E-state index contributed by atoms with van der Waals surface area (Å²) >= 11 is 0. The third kappa shape index (κ3) is 3.37. The van der Waals surface area contributed by atoms with Crippen LogP contribution in [-0.4, -0.2) is 21.5 Å². The van der Waals surface area contributed by atoms with E-state index in [1.807, 2.05) is 51.1 Å². The number of aryl methyl sites for hydroxylation is 4. The SMILES string of the molecule is CCc1ccc(-n2nc(C)c3c2NC(=O)C[C@@H]3C(=O)c2cc(C)ccc2C)cc1. The number of fused-ring (bicyclic) bond motifs is 1. The van der Waals surface area contributed by atoms with E-state index >= 15 is 0 Å². The van der Waals surface area contributed by atoms with Crippen LogP contribution in [-0.2, 0) is 11.2 Å². The number of nitrogens with one attached hydrogen (secondary N) is 1. The van der Waals surface area contributed by atoms with Gasteiger partial charge in [-0.1, -0.05) is 36.8 Å². The summed E-state index contributed by atoms with van der Waals surface area (Å²) in [7, 11) is 0. The van der Waals surface area contributed by atoms with Crippen LogP contribution in [0.2, 0.25) is 0 Å². The molecule has 0 bridgehead atoms. The van der Waals surface area contributed by atoms with Crippen molar-refractivity contribution >= 4 is 17.5 Å². The normalized spacial score (nSPS) is 15.7. The number of carbonyl (C=O) groups excluding carboxylic acids is 2. The molecule has 1 atom stereocenters. The molecule has 0 aliphatic carbocycles. The minimum Gasteiger partial charge on any atom is -0.310 e. The van der Waals surface area contributed by atoms with Gasteiger partial charge >= 0.3 is 0 Å². The minimum atomic E-state index is -0.525. The van der Waals surface area contributed by atoms with Gasteiger partial charge in [0.2, 0.25) is 5.91 Å². The van der Waals surface area contributed by atoms with Crippen LogP contribution in [0.1, 0.15) is 57.6 Å². The number of ketones is 1. The largest absolute Gasteiger partial charge is 0.310 e. The van der Waals surface area contributed by atoms with E-state index in [1.54, 1.807) is 4.68 Å². The Morgan fingerprint density at radius 2 is 1.86 bits per heavy atom. The van der Waals surface area contributed by atoms with E-state index in [4.69, 9.17) is 0 Å². The van der Waals surface area contributed by atoms with Crippen molar-refractivity contribution < 1.29 is 9.59 Å². The van der Waals surface area contributed by atoms with Crippen molar-refractivity contribution in [1.82, 2.24) is 9.78 Å². The van der Waals surface area contributed by atoms with Gasteiger partial charge in [-0.05, 0) is 56.5 Å². The Morgan fingerprint density at radius 3 is 2.55 bits per heavy atom. The zero-order valence-corrected chi connectivity index (χ0v) is 17.2. The van der Waals surface area contributed by atoms with E-state index in [-0.39, 0.29) is 18.1 Å². The number of Topliss-reactive ketones (excluding diaryl/α,β-unsaturated/α-hetero) is 1. The molecule has 5 nitrogen and oxygen atoms in total. The number of anilines is 1. The second kappa shape index (κ2) is 7.32. The number of nitrogens with zero attached hydrogens (tertiary/aromatic N) is 2. The lowest BCUT2D eigenvalue weighted by Crippen LogP contribution is -2.28. The summed E-state index contributed by atoms with van der Waals surface area (Å²) in [5, 5.41) is 7.62. The van der Waals surface area contributed by atoms with Gasteiger partial charge in [0.05, 0.1) is 17.3 Å².